The fourth-order valence-corrected chi connectivity index (χ4v) is 1.59. The molecule has 1 aliphatic carbocycles. The van der Waals surface area contributed by atoms with Crippen molar-refractivity contribution >= 4 is 0 Å². The van der Waals surface area contributed by atoms with E-state index in [2.05, 4.69) is 13.8 Å². The largest absolute Gasteiger partial charge is 0.393 e. The van der Waals surface area contributed by atoms with Gasteiger partial charge in [0.05, 0.1) is 6.10 Å². The summed E-state index contributed by atoms with van der Waals surface area (Å²) in [6.07, 6.45) is 2.19. The average Bonchev–Trinajstić information content (AvgIpc) is 1.67. The van der Waals surface area contributed by atoms with E-state index in [-0.39, 0.29) is 6.10 Å². The molecule has 0 spiro atoms. The Morgan fingerprint density at radius 3 is 2.38 bits per heavy atom. The molecule has 1 nitrogen and oxygen atoms in total. The highest BCUT2D eigenvalue weighted by atomic mass is 16.3. The zero-order chi connectivity index (χ0) is 6.15. The molecule has 0 heterocycles. The van der Waals surface area contributed by atoms with E-state index in [1.807, 2.05) is 0 Å². The highest BCUT2D eigenvalue weighted by Gasteiger charge is 2.34. The predicted molar refractivity (Wildman–Crippen MR) is 33.6 cm³/mol. The molecule has 0 amide bonds. The maximum atomic E-state index is 9.08. The van der Waals surface area contributed by atoms with E-state index in [9.17, 15) is 0 Å². The van der Waals surface area contributed by atoms with E-state index >= 15 is 0 Å². The minimum atomic E-state index is 0.0231. The van der Waals surface area contributed by atoms with Gasteiger partial charge in [0, 0.05) is 0 Å². The van der Waals surface area contributed by atoms with Crippen LogP contribution in [0.25, 0.3) is 0 Å². The van der Waals surface area contributed by atoms with Gasteiger partial charge in [0.2, 0.25) is 0 Å². The lowest BCUT2D eigenvalue weighted by Crippen LogP contribution is -2.38. The molecule has 0 aliphatic heterocycles. The first-order valence-corrected chi connectivity index (χ1v) is 3.43. The number of rotatable bonds is 1. The van der Waals surface area contributed by atoms with Gasteiger partial charge >= 0.3 is 0 Å². The van der Waals surface area contributed by atoms with Crippen LogP contribution in [-0.2, 0) is 0 Å². The van der Waals surface area contributed by atoms with Crippen LogP contribution in [0.2, 0.25) is 0 Å². The lowest BCUT2D eigenvalue weighted by atomic mass is 9.71. The summed E-state index contributed by atoms with van der Waals surface area (Å²) in [7, 11) is 0. The summed E-state index contributed by atoms with van der Waals surface area (Å²) in [5, 5.41) is 9.08. The molecule has 1 aliphatic rings. The fourth-order valence-electron chi connectivity index (χ4n) is 1.59. The smallest absolute Gasteiger partial charge is 0.0573 e. The number of aliphatic hydroxyl groups is 1. The first-order chi connectivity index (χ1) is 3.75. The summed E-state index contributed by atoms with van der Waals surface area (Å²) in [5.74, 6) is 1.38. The van der Waals surface area contributed by atoms with Crippen molar-refractivity contribution in [3.05, 3.63) is 0 Å². The van der Waals surface area contributed by atoms with Gasteiger partial charge < -0.3 is 5.11 Å². The molecule has 3 unspecified atom stereocenters. The standard InChI is InChI=1S/C7H14O/c1-3-6-5(2)4-7(6)8/h5-8H,3-4H2,1-2H3. The van der Waals surface area contributed by atoms with Crippen LogP contribution in [0.3, 0.4) is 0 Å². The van der Waals surface area contributed by atoms with E-state index in [0.717, 1.165) is 18.8 Å². The van der Waals surface area contributed by atoms with Gasteiger partial charge in [0.25, 0.3) is 0 Å². The van der Waals surface area contributed by atoms with E-state index in [1.165, 1.54) is 0 Å². The highest BCUT2D eigenvalue weighted by molar-refractivity contribution is 4.84. The molecule has 0 radical (unpaired) electrons. The molecular formula is C7H14O. The third kappa shape index (κ3) is 0.752. The molecule has 0 saturated heterocycles. The van der Waals surface area contributed by atoms with E-state index < -0.39 is 0 Å². The monoisotopic (exact) mass is 114 g/mol. The minimum Gasteiger partial charge on any atom is -0.393 e. The number of hydrogen-bond acceptors (Lipinski definition) is 1. The van der Waals surface area contributed by atoms with Gasteiger partial charge in [-0.2, -0.15) is 0 Å². The molecule has 0 bridgehead atoms. The van der Waals surface area contributed by atoms with Crippen molar-refractivity contribution in [2.24, 2.45) is 11.8 Å². The Morgan fingerprint density at radius 2 is 2.25 bits per heavy atom. The summed E-state index contributed by atoms with van der Waals surface area (Å²) >= 11 is 0. The quantitative estimate of drug-likeness (QED) is 0.546. The Morgan fingerprint density at radius 1 is 1.62 bits per heavy atom. The van der Waals surface area contributed by atoms with Crippen molar-refractivity contribution in [2.45, 2.75) is 32.8 Å². The second-order valence-electron chi connectivity index (χ2n) is 2.85. The molecule has 0 aromatic rings. The molecule has 1 saturated carbocycles. The molecular weight excluding hydrogens is 100 g/mol. The van der Waals surface area contributed by atoms with Gasteiger partial charge in [-0.3, -0.25) is 0 Å². The molecule has 1 fully saturated rings. The lowest BCUT2D eigenvalue weighted by molar-refractivity contribution is -0.0267. The predicted octanol–water partition coefficient (Wildman–Crippen LogP) is 1.41. The van der Waals surface area contributed by atoms with E-state index in [1.54, 1.807) is 0 Å². The van der Waals surface area contributed by atoms with Crippen LogP contribution < -0.4 is 0 Å². The van der Waals surface area contributed by atoms with Crippen LogP contribution in [0.5, 0.6) is 0 Å². The van der Waals surface area contributed by atoms with Crippen LogP contribution in [0.4, 0.5) is 0 Å². The molecule has 1 heteroatoms. The molecule has 1 rings (SSSR count). The van der Waals surface area contributed by atoms with Gasteiger partial charge in [-0.25, -0.2) is 0 Å². The summed E-state index contributed by atoms with van der Waals surface area (Å²) in [6, 6.07) is 0. The van der Waals surface area contributed by atoms with Crippen LogP contribution >= 0.6 is 0 Å². The van der Waals surface area contributed by atoms with Gasteiger partial charge in [-0.05, 0) is 18.3 Å². The topological polar surface area (TPSA) is 20.2 Å². The van der Waals surface area contributed by atoms with Crippen LogP contribution in [-0.4, -0.2) is 11.2 Å². The summed E-state index contributed by atoms with van der Waals surface area (Å²) < 4.78 is 0. The molecule has 0 aromatic heterocycles. The van der Waals surface area contributed by atoms with Crippen molar-refractivity contribution in [1.82, 2.24) is 0 Å². The lowest BCUT2D eigenvalue weighted by Gasteiger charge is -2.38. The van der Waals surface area contributed by atoms with Gasteiger partial charge in [-0.1, -0.05) is 20.3 Å². The summed E-state index contributed by atoms with van der Waals surface area (Å²) in [4.78, 5) is 0. The second-order valence-corrected chi connectivity index (χ2v) is 2.85. The van der Waals surface area contributed by atoms with Crippen LogP contribution in [0, 0.1) is 11.8 Å². The Balaban J connectivity index is 2.29. The van der Waals surface area contributed by atoms with Crippen molar-refractivity contribution in [3.63, 3.8) is 0 Å². The maximum Gasteiger partial charge on any atom is 0.0573 e. The van der Waals surface area contributed by atoms with E-state index in [4.69, 9.17) is 5.11 Å². The number of aliphatic hydroxyl groups excluding tert-OH is 1. The maximum absolute atomic E-state index is 9.08. The second kappa shape index (κ2) is 2.06. The van der Waals surface area contributed by atoms with Crippen molar-refractivity contribution in [2.75, 3.05) is 0 Å². The summed E-state index contributed by atoms with van der Waals surface area (Å²) in [6.45, 7) is 4.35. The first kappa shape index (κ1) is 6.09. The first-order valence-electron chi connectivity index (χ1n) is 3.43. The van der Waals surface area contributed by atoms with Crippen LogP contribution in [0.15, 0.2) is 0 Å². The van der Waals surface area contributed by atoms with Crippen molar-refractivity contribution in [1.29, 1.82) is 0 Å². The normalized spacial score (nSPS) is 46.1. The third-order valence-electron chi connectivity index (χ3n) is 2.31. The Hall–Kier alpha value is -0.0400. The fraction of sp³-hybridized carbons (Fsp3) is 1.00. The molecule has 48 valence electrons. The van der Waals surface area contributed by atoms with E-state index in [0.29, 0.717) is 5.92 Å². The van der Waals surface area contributed by atoms with Crippen LogP contribution in [0.1, 0.15) is 26.7 Å². The summed E-state index contributed by atoms with van der Waals surface area (Å²) in [5.41, 5.74) is 0. The molecule has 1 N–H and O–H groups in total. The SMILES string of the molecule is CCC1C(C)CC1O. The Labute approximate surface area is 50.7 Å². The van der Waals surface area contributed by atoms with Gasteiger partial charge in [0.1, 0.15) is 0 Å². The highest BCUT2D eigenvalue weighted by Crippen LogP contribution is 2.35. The average molecular weight is 114 g/mol. The zero-order valence-electron chi connectivity index (χ0n) is 5.59. The van der Waals surface area contributed by atoms with Gasteiger partial charge in [-0.15, -0.1) is 0 Å². The molecule has 8 heavy (non-hydrogen) atoms. The van der Waals surface area contributed by atoms with Gasteiger partial charge in [0.15, 0.2) is 0 Å². The molecule has 3 atom stereocenters. The Bertz CT molecular complexity index is 72.5. The zero-order valence-corrected chi connectivity index (χ0v) is 5.59. The minimum absolute atomic E-state index is 0.0231. The number of hydrogen-bond donors (Lipinski definition) is 1. The Kier molecular flexibility index (Phi) is 1.57. The van der Waals surface area contributed by atoms with Crippen molar-refractivity contribution in [3.8, 4) is 0 Å². The third-order valence-corrected chi connectivity index (χ3v) is 2.31. The van der Waals surface area contributed by atoms with Crippen molar-refractivity contribution < 1.29 is 5.11 Å². The molecule has 0 aromatic carbocycles.